The Morgan fingerprint density at radius 1 is 1.39 bits per heavy atom. The van der Waals surface area contributed by atoms with Gasteiger partial charge in [0.25, 0.3) is 0 Å². The zero-order valence-corrected chi connectivity index (χ0v) is 12.6. The number of methoxy groups -OCH3 is 1. The first-order chi connectivity index (χ1) is 8.08. The summed E-state index contributed by atoms with van der Waals surface area (Å²) in [6.45, 7) is 0.477. The van der Waals surface area contributed by atoms with Crippen molar-refractivity contribution in [1.29, 1.82) is 0 Å². The van der Waals surface area contributed by atoms with E-state index in [9.17, 15) is 21.6 Å². The fourth-order valence-corrected chi connectivity index (χ4v) is 3.36. The van der Waals surface area contributed by atoms with Gasteiger partial charge in [-0.3, -0.25) is 0 Å². The third-order valence-electron chi connectivity index (χ3n) is 2.14. The summed E-state index contributed by atoms with van der Waals surface area (Å²) in [5.74, 6) is -0.504. The Bertz CT molecular complexity index is 334. The number of ether oxygens (including phenoxy) is 1. The average Bonchev–Trinajstić information content (AvgIpc) is 2.15. The minimum absolute atomic E-state index is 0.155. The molecule has 0 aromatic heterocycles. The Morgan fingerprint density at radius 3 is 2.39 bits per heavy atom. The van der Waals surface area contributed by atoms with Crippen molar-refractivity contribution < 1.29 is 26.3 Å². The monoisotopic (exact) mass is 355 g/mol. The molecule has 0 rings (SSSR count). The van der Waals surface area contributed by atoms with Crippen LogP contribution < -0.4 is 0 Å². The van der Waals surface area contributed by atoms with E-state index in [0.717, 1.165) is 4.31 Å². The van der Waals surface area contributed by atoms with Gasteiger partial charge in [0.1, 0.15) is 0 Å². The Hall–Kier alpha value is 0.140. The highest BCUT2D eigenvalue weighted by atomic mass is 79.9. The quantitative estimate of drug-likeness (QED) is 0.625. The van der Waals surface area contributed by atoms with Gasteiger partial charge in [-0.05, 0) is 6.42 Å². The molecule has 4 nitrogen and oxygen atoms in total. The van der Waals surface area contributed by atoms with Crippen molar-refractivity contribution in [3.8, 4) is 0 Å². The zero-order valence-electron chi connectivity index (χ0n) is 10.2. The summed E-state index contributed by atoms with van der Waals surface area (Å²) in [7, 11) is -0.830. The number of nitrogens with zero attached hydrogens (tertiary/aromatic N) is 1. The van der Waals surface area contributed by atoms with Crippen molar-refractivity contribution in [2.75, 3.05) is 33.1 Å². The molecule has 0 saturated heterocycles. The van der Waals surface area contributed by atoms with Crippen molar-refractivity contribution in [3.63, 3.8) is 0 Å². The van der Waals surface area contributed by atoms with Gasteiger partial charge < -0.3 is 4.74 Å². The first-order valence-corrected chi connectivity index (χ1v) is 7.75. The third kappa shape index (κ3) is 8.28. The highest BCUT2D eigenvalue weighted by Crippen LogP contribution is 2.22. The molecule has 0 heterocycles. The van der Waals surface area contributed by atoms with E-state index in [0.29, 0.717) is 6.61 Å². The van der Waals surface area contributed by atoms with Gasteiger partial charge in [0, 0.05) is 27.1 Å². The molecule has 0 bridgehead atoms. The van der Waals surface area contributed by atoms with Crippen LogP contribution in [0.25, 0.3) is 0 Å². The van der Waals surface area contributed by atoms with Crippen LogP contribution in [0.15, 0.2) is 0 Å². The lowest BCUT2D eigenvalue weighted by molar-refractivity contribution is -0.134. The van der Waals surface area contributed by atoms with Gasteiger partial charge >= 0.3 is 6.18 Å². The van der Waals surface area contributed by atoms with Crippen molar-refractivity contribution in [2.24, 2.45) is 0 Å². The molecule has 0 aliphatic rings. The lowest BCUT2D eigenvalue weighted by Gasteiger charge is -2.20. The summed E-state index contributed by atoms with van der Waals surface area (Å²) in [4.78, 5) is -0.190. The fraction of sp³-hybridized carbons (Fsp3) is 1.00. The van der Waals surface area contributed by atoms with Crippen LogP contribution in [0.2, 0.25) is 0 Å². The van der Waals surface area contributed by atoms with E-state index in [1.54, 1.807) is 0 Å². The molecule has 1 atom stereocenters. The average molecular weight is 356 g/mol. The predicted octanol–water partition coefficient (Wildman–Crippen LogP) is 2.00. The summed E-state index contributed by atoms with van der Waals surface area (Å²) in [6.07, 6.45) is -5.83. The first-order valence-electron chi connectivity index (χ1n) is 5.22. The largest absolute Gasteiger partial charge is 0.389 e. The third-order valence-corrected chi connectivity index (χ3v) is 4.60. The molecule has 0 fully saturated rings. The van der Waals surface area contributed by atoms with Crippen LogP contribution in [0.5, 0.6) is 0 Å². The van der Waals surface area contributed by atoms with Crippen LogP contribution in [0.3, 0.4) is 0 Å². The molecular formula is C9H17BrF3NO3S. The van der Waals surface area contributed by atoms with Crippen LogP contribution in [0.4, 0.5) is 13.2 Å². The fourth-order valence-electron chi connectivity index (χ4n) is 1.24. The second kappa shape index (κ2) is 7.66. The lowest BCUT2D eigenvalue weighted by Crippen LogP contribution is -2.35. The number of sulfonamides is 1. The van der Waals surface area contributed by atoms with Crippen LogP contribution in [-0.2, 0) is 14.8 Å². The predicted molar refractivity (Wildman–Crippen MR) is 66.3 cm³/mol. The number of alkyl halides is 4. The van der Waals surface area contributed by atoms with Gasteiger partial charge in [-0.1, -0.05) is 15.9 Å². The van der Waals surface area contributed by atoms with Crippen molar-refractivity contribution in [1.82, 2.24) is 4.31 Å². The molecule has 0 saturated carbocycles. The molecule has 0 aromatic rings. The van der Waals surface area contributed by atoms with Gasteiger partial charge in [0.2, 0.25) is 10.0 Å². The van der Waals surface area contributed by atoms with Gasteiger partial charge in [0.15, 0.2) is 0 Å². The molecule has 0 aromatic carbocycles. The van der Waals surface area contributed by atoms with Gasteiger partial charge in [-0.25, -0.2) is 12.7 Å². The van der Waals surface area contributed by atoms with Gasteiger partial charge in [0.05, 0.1) is 17.2 Å². The number of rotatable bonds is 8. The van der Waals surface area contributed by atoms with Crippen molar-refractivity contribution >= 4 is 26.0 Å². The van der Waals surface area contributed by atoms with Crippen LogP contribution in [0.1, 0.15) is 12.8 Å². The molecule has 0 aliphatic heterocycles. The molecule has 1 unspecified atom stereocenters. The summed E-state index contributed by atoms with van der Waals surface area (Å²) in [5.41, 5.74) is 0. The maximum Gasteiger partial charge on any atom is 0.389 e. The second-order valence-corrected chi connectivity index (χ2v) is 7.36. The van der Waals surface area contributed by atoms with E-state index in [-0.39, 0.29) is 11.4 Å². The Balaban J connectivity index is 4.20. The maximum absolute atomic E-state index is 11.9. The molecule has 0 amide bonds. The zero-order chi connectivity index (χ0) is 14.4. The number of hydrogen-bond acceptors (Lipinski definition) is 3. The van der Waals surface area contributed by atoms with Crippen LogP contribution in [0, 0.1) is 0 Å². The topological polar surface area (TPSA) is 46.6 Å². The molecule has 0 spiro atoms. The van der Waals surface area contributed by atoms with E-state index in [2.05, 4.69) is 15.9 Å². The highest BCUT2D eigenvalue weighted by molar-refractivity contribution is 9.09. The molecule has 18 heavy (non-hydrogen) atoms. The van der Waals surface area contributed by atoms with E-state index in [1.807, 2.05) is 0 Å². The van der Waals surface area contributed by atoms with E-state index in [4.69, 9.17) is 4.74 Å². The lowest BCUT2D eigenvalue weighted by atomic mass is 10.3. The Morgan fingerprint density at radius 2 is 1.94 bits per heavy atom. The van der Waals surface area contributed by atoms with Crippen LogP contribution in [-0.4, -0.2) is 56.8 Å². The Labute approximate surface area is 114 Å². The molecule has 9 heteroatoms. The van der Waals surface area contributed by atoms with E-state index in [1.165, 1.54) is 14.2 Å². The van der Waals surface area contributed by atoms with E-state index >= 15 is 0 Å². The second-order valence-electron chi connectivity index (χ2n) is 3.87. The number of halogens is 4. The SMILES string of the molecule is COCC(Br)CN(C)S(=O)(=O)CCCC(F)(F)F. The van der Waals surface area contributed by atoms with Crippen molar-refractivity contribution in [3.05, 3.63) is 0 Å². The minimum atomic E-state index is -4.32. The smallest absolute Gasteiger partial charge is 0.383 e. The Kier molecular flexibility index (Phi) is 7.72. The highest BCUT2D eigenvalue weighted by Gasteiger charge is 2.28. The normalized spacial score (nSPS) is 15.1. The standard InChI is InChI=1S/C9H17BrF3NO3S/c1-14(6-8(10)7-17-2)18(15,16)5-3-4-9(11,12)13/h8H,3-7H2,1-2H3. The summed E-state index contributed by atoms with van der Waals surface area (Å²) in [5, 5.41) is 0. The number of hydrogen-bond donors (Lipinski definition) is 0. The first kappa shape index (κ1) is 18.1. The molecule has 0 radical (unpaired) electrons. The van der Waals surface area contributed by atoms with E-state index < -0.39 is 34.8 Å². The maximum atomic E-state index is 11.9. The van der Waals surface area contributed by atoms with Gasteiger partial charge in [-0.2, -0.15) is 13.2 Å². The molecule has 0 N–H and O–H groups in total. The summed E-state index contributed by atoms with van der Waals surface area (Å²) >= 11 is 3.22. The minimum Gasteiger partial charge on any atom is -0.383 e. The summed E-state index contributed by atoms with van der Waals surface area (Å²) < 4.78 is 64.9. The molecular weight excluding hydrogens is 339 g/mol. The molecule has 110 valence electrons. The molecule has 0 aliphatic carbocycles. The van der Waals surface area contributed by atoms with Crippen molar-refractivity contribution in [2.45, 2.75) is 23.8 Å². The van der Waals surface area contributed by atoms with Gasteiger partial charge in [-0.15, -0.1) is 0 Å². The van der Waals surface area contributed by atoms with Crippen LogP contribution >= 0.6 is 15.9 Å². The summed E-state index contributed by atoms with van der Waals surface area (Å²) in [6, 6.07) is 0.